The molecule has 0 unspecified atom stereocenters. The van der Waals surface area contributed by atoms with E-state index in [9.17, 15) is 12.8 Å². The largest absolute Gasteiger partial charge is 0.441 e. The van der Waals surface area contributed by atoms with Gasteiger partial charge in [-0.3, -0.25) is 0 Å². The summed E-state index contributed by atoms with van der Waals surface area (Å²) < 4.78 is 45.3. The molecule has 0 saturated carbocycles. The van der Waals surface area contributed by atoms with Crippen molar-refractivity contribution in [3.8, 4) is 11.5 Å². The molecule has 0 radical (unpaired) electrons. The van der Waals surface area contributed by atoms with E-state index in [1.54, 1.807) is 25.1 Å². The summed E-state index contributed by atoms with van der Waals surface area (Å²) in [5.74, 6) is 0.503. The van der Waals surface area contributed by atoms with Crippen LogP contribution >= 0.6 is 0 Å². The summed E-state index contributed by atoms with van der Waals surface area (Å²) >= 11 is 0. The molecule has 0 aliphatic carbocycles. The van der Waals surface area contributed by atoms with E-state index < -0.39 is 15.8 Å². The molecule has 0 bridgehead atoms. The van der Waals surface area contributed by atoms with Gasteiger partial charge in [-0.1, -0.05) is 25.5 Å². The molecule has 0 aliphatic rings. The van der Waals surface area contributed by atoms with Crippen molar-refractivity contribution in [1.29, 1.82) is 0 Å². The molecular weight excluding hydrogens is 319 g/mol. The van der Waals surface area contributed by atoms with Crippen molar-refractivity contribution >= 4 is 10.0 Å². The minimum atomic E-state index is -3.25. The molecule has 0 atom stereocenters. The Morgan fingerprint density at radius 1 is 1.30 bits per heavy atom. The number of hydrogen-bond donors (Lipinski definition) is 1. The first-order valence-electron chi connectivity index (χ1n) is 7.61. The minimum Gasteiger partial charge on any atom is -0.441 e. The van der Waals surface area contributed by atoms with Crippen molar-refractivity contribution in [3.63, 3.8) is 0 Å². The normalized spacial score (nSPS) is 11.8. The van der Waals surface area contributed by atoms with E-state index in [1.165, 1.54) is 6.07 Å². The Labute approximate surface area is 136 Å². The van der Waals surface area contributed by atoms with Crippen LogP contribution in [0.5, 0.6) is 0 Å². The highest BCUT2D eigenvalue weighted by Crippen LogP contribution is 2.24. The molecule has 1 aromatic heterocycles. The molecule has 0 aliphatic heterocycles. The van der Waals surface area contributed by atoms with Gasteiger partial charge in [0.2, 0.25) is 15.9 Å². The second kappa shape index (κ2) is 7.70. The smallest absolute Gasteiger partial charge is 0.229 e. The van der Waals surface area contributed by atoms with Crippen LogP contribution in [0.25, 0.3) is 11.5 Å². The Morgan fingerprint density at radius 2 is 2.04 bits per heavy atom. The number of rotatable bonds is 8. The van der Waals surface area contributed by atoms with Gasteiger partial charge in [0.1, 0.15) is 11.6 Å². The highest BCUT2D eigenvalue weighted by molar-refractivity contribution is 7.89. The lowest BCUT2D eigenvalue weighted by Crippen LogP contribution is -2.28. The highest BCUT2D eigenvalue weighted by atomic mass is 32.2. The van der Waals surface area contributed by atoms with Crippen LogP contribution in [-0.4, -0.2) is 25.7 Å². The number of unbranched alkanes of at least 4 members (excludes halogenated alkanes) is 1. The lowest BCUT2D eigenvalue weighted by molar-refractivity contribution is 0.531. The zero-order valence-electron chi connectivity index (χ0n) is 13.3. The summed E-state index contributed by atoms with van der Waals surface area (Å²) in [5, 5.41) is 0. The summed E-state index contributed by atoms with van der Waals surface area (Å²) in [5.41, 5.74) is 0.923. The van der Waals surface area contributed by atoms with Gasteiger partial charge in [0.25, 0.3) is 0 Å². The molecule has 1 heterocycles. The van der Waals surface area contributed by atoms with Crippen molar-refractivity contribution in [2.75, 3.05) is 12.3 Å². The van der Waals surface area contributed by atoms with Crippen LogP contribution < -0.4 is 4.72 Å². The summed E-state index contributed by atoms with van der Waals surface area (Å²) in [6.07, 6.45) is 1.86. The number of aryl methyl sites for hydroxylation is 1. The van der Waals surface area contributed by atoms with Crippen molar-refractivity contribution in [3.05, 3.63) is 41.5 Å². The molecule has 0 saturated heterocycles. The third-order valence-electron chi connectivity index (χ3n) is 3.45. The van der Waals surface area contributed by atoms with Crippen LogP contribution in [0.2, 0.25) is 0 Å². The zero-order chi connectivity index (χ0) is 16.9. The van der Waals surface area contributed by atoms with Crippen LogP contribution in [0.3, 0.4) is 0 Å². The van der Waals surface area contributed by atoms with E-state index in [1.807, 2.05) is 6.92 Å². The van der Waals surface area contributed by atoms with Gasteiger partial charge in [-0.2, -0.15) is 0 Å². The molecule has 2 rings (SSSR count). The van der Waals surface area contributed by atoms with Crippen molar-refractivity contribution in [2.45, 2.75) is 33.1 Å². The quantitative estimate of drug-likeness (QED) is 0.802. The number of benzene rings is 1. The molecule has 1 N–H and O–H groups in total. The van der Waals surface area contributed by atoms with Gasteiger partial charge in [0, 0.05) is 13.0 Å². The molecular formula is C16H21FN2O3S. The second-order valence-corrected chi connectivity index (χ2v) is 7.24. The van der Waals surface area contributed by atoms with Crippen LogP contribution in [0, 0.1) is 12.7 Å². The van der Waals surface area contributed by atoms with Crippen molar-refractivity contribution < 1.29 is 17.2 Å². The standard InChI is InChI=1S/C16H21FN2O3S/c1-3-4-11-23(20,21)18-10-9-15-12(2)22-16(19-15)13-7-5-6-8-14(13)17/h5-8,18H,3-4,9-11H2,1-2H3. The first kappa shape index (κ1) is 17.6. The maximum absolute atomic E-state index is 13.8. The number of halogens is 1. The number of oxazole rings is 1. The lowest BCUT2D eigenvalue weighted by Gasteiger charge is -2.04. The number of hydrogen-bond acceptors (Lipinski definition) is 4. The van der Waals surface area contributed by atoms with Gasteiger partial charge in [-0.15, -0.1) is 0 Å². The topological polar surface area (TPSA) is 72.2 Å². The molecule has 23 heavy (non-hydrogen) atoms. The van der Waals surface area contributed by atoms with E-state index in [0.717, 1.165) is 6.42 Å². The van der Waals surface area contributed by atoms with Gasteiger partial charge >= 0.3 is 0 Å². The predicted molar refractivity (Wildman–Crippen MR) is 87.0 cm³/mol. The maximum Gasteiger partial charge on any atom is 0.229 e. The summed E-state index contributed by atoms with van der Waals surface area (Å²) in [6.45, 7) is 3.92. The van der Waals surface area contributed by atoms with E-state index in [0.29, 0.717) is 29.9 Å². The maximum atomic E-state index is 13.8. The van der Waals surface area contributed by atoms with Gasteiger partial charge in [-0.25, -0.2) is 22.5 Å². The van der Waals surface area contributed by atoms with E-state index in [4.69, 9.17) is 4.42 Å². The third-order valence-corrected chi connectivity index (χ3v) is 4.92. The van der Waals surface area contributed by atoms with Crippen LogP contribution in [0.1, 0.15) is 31.2 Å². The Morgan fingerprint density at radius 3 is 2.74 bits per heavy atom. The van der Waals surface area contributed by atoms with Gasteiger partial charge in [-0.05, 0) is 25.5 Å². The molecule has 0 amide bonds. The molecule has 0 fully saturated rings. The number of aromatic nitrogens is 1. The Balaban J connectivity index is 2.01. The predicted octanol–water partition coefficient (Wildman–Crippen LogP) is 3.05. The zero-order valence-corrected chi connectivity index (χ0v) is 14.1. The van der Waals surface area contributed by atoms with Crippen molar-refractivity contribution in [1.82, 2.24) is 9.71 Å². The molecule has 1 aromatic carbocycles. The number of nitrogens with one attached hydrogen (secondary N) is 1. The number of nitrogens with zero attached hydrogens (tertiary/aromatic N) is 1. The number of sulfonamides is 1. The summed E-state index contributed by atoms with van der Waals surface area (Å²) in [6, 6.07) is 6.24. The fourth-order valence-electron chi connectivity index (χ4n) is 2.14. The third kappa shape index (κ3) is 4.87. The van der Waals surface area contributed by atoms with Gasteiger partial charge in [0.05, 0.1) is 17.0 Å². The van der Waals surface area contributed by atoms with E-state index in [-0.39, 0.29) is 18.2 Å². The lowest BCUT2D eigenvalue weighted by atomic mass is 10.2. The fraction of sp³-hybridized carbons (Fsp3) is 0.438. The molecule has 7 heteroatoms. The van der Waals surface area contributed by atoms with Crippen LogP contribution in [-0.2, 0) is 16.4 Å². The Kier molecular flexibility index (Phi) is 5.90. The second-order valence-electron chi connectivity index (χ2n) is 5.32. The van der Waals surface area contributed by atoms with E-state index >= 15 is 0 Å². The molecule has 2 aromatic rings. The Hall–Kier alpha value is -1.73. The minimum absolute atomic E-state index is 0.127. The molecule has 5 nitrogen and oxygen atoms in total. The van der Waals surface area contributed by atoms with Crippen LogP contribution in [0.15, 0.2) is 28.7 Å². The van der Waals surface area contributed by atoms with Crippen LogP contribution in [0.4, 0.5) is 4.39 Å². The SMILES string of the molecule is CCCCS(=O)(=O)NCCc1nc(-c2ccccc2F)oc1C. The van der Waals surface area contributed by atoms with Crippen molar-refractivity contribution in [2.24, 2.45) is 0 Å². The average molecular weight is 340 g/mol. The average Bonchev–Trinajstić information content (AvgIpc) is 2.86. The first-order valence-corrected chi connectivity index (χ1v) is 9.26. The summed E-state index contributed by atoms with van der Waals surface area (Å²) in [4.78, 5) is 4.28. The first-order chi connectivity index (χ1) is 10.9. The summed E-state index contributed by atoms with van der Waals surface area (Å²) in [7, 11) is -3.25. The molecule has 126 valence electrons. The fourth-order valence-corrected chi connectivity index (χ4v) is 3.37. The molecule has 0 spiro atoms. The highest BCUT2D eigenvalue weighted by Gasteiger charge is 2.15. The van der Waals surface area contributed by atoms with Gasteiger partial charge < -0.3 is 4.42 Å². The monoisotopic (exact) mass is 340 g/mol. The van der Waals surface area contributed by atoms with E-state index in [2.05, 4.69) is 9.71 Å². The van der Waals surface area contributed by atoms with Gasteiger partial charge in [0.15, 0.2) is 0 Å². The Bertz CT molecular complexity index is 756.